The fourth-order valence-corrected chi connectivity index (χ4v) is 3.00. The number of aryl methyl sites for hydroxylation is 3. The number of nitrogens with zero attached hydrogens (tertiary/aromatic N) is 3. The SMILES string of the molecule is Cc1cc(C(=O)OCC(=O)C(C)(C)C)c2nc3n(c2n1)CCCCC3. The zero-order valence-corrected chi connectivity index (χ0v) is 15.4. The van der Waals surface area contributed by atoms with Gasteiger partial charge in [0, 0.05) is 24.1 Å². The van der Waals surface area contributed by atoms with Crippen molar-refractivity contribution in [3.05, 3.63) is 23.1 Å². The Kier molecular flexibility index (Phi) is 4.62. The first-order valence-corrected chi connectivity index (χ1v) is 8.84. The molecule has 0 atom stereocenters. The van der Waals surface area contributed by atoms with Crippen LogP contribution >= 0.6 is 0 Å². The third kappa shape index (κ3) is 3.57. The standard InChI is InChI=1S/C19H25N3O3/c1-12-10-13(18(24)25-11-14(23)19(2,3)4)16-17(20-12)22-9-7-5-6-8-15(22)21-16/h10H,5-9,11H2,1-4H3. The second kappa shape index (κ2) is 6.58. The number of ketones is 1. The zero-order valence-electron chi connectivity index (χ0n) is 15.4. The zero-order chi connectivity index (χ0) is 18.2. The Hall–Kier alpha value is -2.24. The molecule has 0 saturated carbocycles. The van der Waals surface area contributed by atoms with Crippen LogP contribution in [0.2, 0.25) is 0 Å². The summed E-state index contributed by atoms with van der Waals surface area (Å²) in [6.45, 7) is 7.93. The van der Waals surface area contributed by atoms with E-state index in [9.17, 15) is 9.59 Å². The number of rotatable bonds is 3. The molecule has 6 nitrogen and oxygen atoms in total. The first-order valence-electron chi connectivity index (χ1n) is 8.84. The fourth-order valence-electron chi connectivity index (χ4n) is 3.00. The number of Topliss-reactive ketones (excluding diaryl/α,β-unsaturated/α-hetero) is 1. The Labute approximate surface area is 147 Å². The molecular formula is C19H25N3O3. The summed E-state index contributed by atoms with van der Waals surface area (Å²) in [5.41, 5.74) is 1.93. The molecule has 0 bridgehead atoms. The lowest BCUT2D eigenvalue weighted by Gasteiger charge is -2.16. The molecule has 3 rings (SSSR count). The van der Waals surface area contributed by atoms with Gasteiger partial charge in [-0.2, -0.15) is 0 Å². The summed E-state index contributed by atoms with van der Waals surface area (Å²) in [6, 6.07) is 1.69. The number of aromatic nitrogens is 3. The van der Waals surface area contributed by atoms with E-state index in [2.05, 4.69) is 14.5 Å². The van der Waals surface area contributed by atoms with E-state index in [1.807, 2.05) is 27.7 Å². The topological polar surface area (TPSA) is 74.1 Å². The van der Waals surface area contributed by atoms with Gasteiger partial charge in [0.15, 0.2) is 18.0 Å². The van der Waals surface area contributed by atoms with Gasteiger partial charge in [-0.25, -0.2) is 14.8 Å². The quantitative estimate of drug-likeness (QED) is 0.800. The number of fused-ring (bicyclic) bond motifs is 3. The second-order valence-electron chi connectivity index (χ2n) is 7.72. The minimum absolute atomic E-state index is 0.108. The van der Waals surface area contributed by atoms with E-state index in [4.69, 9.17) is 4.74 Å². The Morgan fingerprint density at radius 3 is 2.68 bits per heavy atom. The molecule has 2 aromatic heterocycles. The molecule has 134 valence electrons. The van der Waals surface area contributed by atoms with Gasteiger partial charge >= 0.3 is 5.97 Å². The van der Waals surface area contributed by atoms with Crippen LogP contribution in [0, 0.1) is 12.3 Å². The van der Waals surface area contributed by atoms with E-state index in [0.29, 0.717) is 11.1 Å². The minimum Gasteiger partial charge on any atom is -0.454 e. The Morgan fingerprint density at radius 2 is 1.96 bits per heavy atom. The van der Waals surface area contributed by atoms with Crippen molar-refractivity contribution in [3.63, 3.8) is 0 Å². The summed E-state index contributed by atoms with van der Waals surface area (Å²) in [6.07, 6.45) is 4.27. The molecule has 1 aliphatic rings. The largest absolute Gasteiger partial charge is 0.454 e. The van der Waals surface area contributed by atoms with Gasteiger partial charge < -0.3 is 9.30 Å². The molecule has 0 N–H and O–H groups in total. The molecule has 0 radical (unpaired) electrons. The van der Waals surface area contributed by atoms with E-state index in [0.717, 1.165) is 43.0 Å². The van der Waals surface area contributed by atoms with Crippen LogP contribution in [0.15, 0.2) is 6.07 Å². The van der Waals surface area contributed by atoms with Gasteiger partial charge in [0.2, 0.25) is 0 Å². The number of carbonyl (C=O) groups excluding carboxylic acids is 2. The highest BCUT2D eigenvalue weighted by Crippen LogP contribution is 2.24. The maximum Gasteiger partial charge on any atom is 0.340 e. The number of hydrogen-bond acceptors (Lipinski definition) is 5. The number of pyridine rings is 1. The van der Waals surface area contributed by atoms with Crippen LogP contribution in [0.5, 0.6) is 0 Å². The van der Waals surface area contributed by atoms with Crippen molar-refractivity contribution in [2.24, 2.45) is 5.41 Å². The van der Waals surface area contributed by atoms with E-state index >= 15 is 0 Å². The Morgan fingerprint density at radius 1 is 1.20 bits per heavy atom. The van der Waals surface area contributed by atoms with Crippen LogP contribution in [-0.4, -0.2) is 32.9 Å². The van der Waals surface area contributed by atoms with E-state index in [-0.39, 0.29) is 12.4 Å². The fraction of sp³-hybridized carbons (Fsp3) is 0.579. The van der Waals surface area contributed by atoms with Crippen molar-refractivity contribution >= 4 is 22.9 Å². The third-order valence-corrected chi connectivity index (χ3v) is 4.58. The van der Waals surface area contributed by atoms with Gasteiger partial charge in [-0.3, -0.25) is 4.79 Å². The highest BCUT2D eigenvalue weighted by molar-refractivity contribution is 6.02. The molecule has 0 saturated heterocycles. The number of ether oxygens (including phenoxy) is 1. The molecule has 0 fully saturated rings. The van der Waals surface area contributed by atoms with Crippen LogP contribution in [0.3, 0.4) is 0 Å². The second-order valence-corrected chi connectivity index (χ2v) is 7.72. The lowest BCUT2D eigenvalue weighted by Crippen LogP contribution is -2.26. The number of hydrogen-bond donors (Lipinski definition) is 0. The van der Waals surface area contributed by atoms with Crippen LogP contribution in [0.4, 0.5) is 0 Å². The Bertz CT molecular complexity index is 831. The summed E-state index contributed by atoms with van der Waals surface area (Å²) >= 11 is 0. The van der Waals surface area contributed by atoms with Crippen molar-refractivity contribution in [2.75, 3.05) is 6.61 Å². The van der Waals surface area contributed by atoms with Crippen molar-refractivity contribution < 1.29 is 14.3 Å². The molecule has 0 aliphatic carbocycles. The molecule has 25 heavy (non-hydrogen) atoms. The average molecular weight is 343 g/mol. The molecule has 0 spiro atoms. The van der Waals surface area contributed by atoms with E-state index in [1.54, 1.807) is 6.07 Å². The van der Waals surface area contributed by atoms with Gasteiger partial charge in [0.25, 0.3) is 0 Å². The highest BCUT2D eigenvalue weighted by Gasteiger charge is 2.25. The summed E-state index contributed by atoms with van der Waals surface area (Å²) in [7, 11) is 0. The molecule has 1 aliphatic heterocycles. The maximum atomic E-state index is 12.6. The maximum absolute atomic E-state index is 12.6. The molecule has 6 heteroatoms. The van der Waals surface area contributed by atoms with E-state index < -0.39 is 11.4 Å². The van der Waals surface area contributed by atoms with Gasteiger partial charge in [-0.15, -0.1) is 0 Å². The molecule has 2 aromatic rings. The predicted molar refractivity (Wildman–Crippen MR) is 94.6 cm³/mol. The molecular weight excluding hydrogens is 318 g/mol. The summed E-state index contributed by atoms with van der Waals surface area (Å²) < 4.78 is 7.39. The smallest absolute Gasteiger partial charge is 0.340 e. The van der Waals surface area contributed by atoms with E-state index in [1.165, 1.54) is 6.42 Å². The summed E-state index contributed by atoms with van der Waals surface area (Å²) in [5, 5.41) is 0. The van der Waals surface area contributed by atoms with Crippen LogP contribution in [0.1, 0.15) is 61.9 Å². The van der Waals surface area contributed by atoms with Crippen molar-refractivity contribution in [2.45, 2.75) is 59.9 Å². The monoisotopic (exact) mass is 343 g/mol. The minimum atomic E-state index is -0.532. The first-order chi connectivity index (χ1) is 11.8. The highest BCUT2D eigenvalue weighted by atomic mass is 16.5. The lowest BCUT2D eigenvalue weighted by atomic mass is 9.91. The predicted octanol–water partition coefficient (Wildman–Crippen LogP) is 3.24. The van der Waals surface area contributed by atoms with Gasteiger partial charge in [0.05, 0.1) is 5.56 Å². The first kappa shape index (κ1) is 17.6. The van der Waals surface area contributed by atoms with Gasteiger partial charge in [0.1, 0.15) is 11.3 Å². The molecule has 0 aromatic carbocycles. The number of esters is 1. The summed E-state index contributed by atoms with van der Waals surface area (Å²) in [5.74, 6) is 0.357. The lowest BCUT2D eigenvalue weighted by molar-refractivity contribution is -0.129. The van der Waals surface area contributed by atoms with Crippen LogP contribution < -0.4 is 0 Å². The number of imidazole rings is 1. The summed E-state index contributed by atoms with van der Waals surface area (Å²) in [4.78, 5) is 33.9. The van der Waals surface area contributed by atoms with Crippen molar-refractivity contribution in [1.82, 2.24) is 14.5 Å². The van der Waals surface area contributed by atoms with Crippen LogP contribution in [0.25, 0.3) is 11.2 Å². The normalized spacial score (nSPS) is 14.9. The van der Waals surface area contributed by atoms with Crippen molar-refractivity contribution in [1.29, 1.82) is 0 Å². The number of carbonyl (C=O) groups is 2. The molecule has 0 amide bonds. The average Bonchev–Trinajstić information content (AvgIpc) is 2.73. The third-order valence-electron chi connectivity index (χ3n) is 4.58. The molecule has 0 unspecified atom stereocenters. The van der Waals surface area contributed by atoms with Gasteiger partial charge in [-0.1, -0.05) is 27.2 Å². The van der Waals surface area contributed by atoms with Gasteiger partial charge in [-0.05, 0) is 25.8 Å². The Balaban J connectivity index is 1.93. The van der Waals surface area contributed by atoms with Crippen molar-refractivity contribution in [3.8, 4) is 0 Å². The molecule has 3 heterocycles. The van der Waals surface area contributed by atoms with Crippen LogP contribution in [-0.2, 0) is 22.5 Å².